The van der Waals surface area contributed by atoms with E-state index >= 15 is 0 Å². The molecule has 2 rings (SSSR count). The van der Waals surface area contributed by atoms with Crippen molar-refractivity contribution in [3.05, 3.63) is 30.1 Å². The smallest absolute Gasteiger partial charge is 0.124 e. The van der Waals surface area contributed by atoms with Gasteiger partial charge < -0.3 is 10.3 Å². The average molecular weight is 214 g/mol. The summed E-state index contributed by atoms with van der Waals surface area (Å²) in [6, 6.07) is 10.2. The fourth-order valence-corrected chi connectivity index (χ4v) is 1.89. The van der Waals surface area contributed by atoms with Crippen LogP contribution in [-0.2, 0) is 6.42 Å². The topological polar surface area (TPSA) is 67.6 Å². The van der Waals surface area contributed by atoms with Crippen LogP contribution in [0.25, 0.3) is 11.0 Å². The predicted octanol–water partition coefficient (Wildman–Crippen LogP) is 1.62. The van der Waals surface area contributed by atoms with Crippen molar-refractivity contribution in [1.29, 1.82) is 5.26 Å². The van der Waals surface area contributed by atoms with Crippen molar-refractivity contribution in [3.63, 3.8) is 0 Å². The molecule has 0 radical (unpaired) electrons. The lowest BCUT2D eigenvalue weighted by molar-refractivity contribution is 0.554. The van der Waals surface area contributed by atoms with Gasteiger partial charge in [-0.3, -0.25) is 0 Å². The van der Waals surface area contributed by atoms with Gasteiger partial charge in [-0.1, -0.05) is 12.1 Å². The molecule has 0 saturated carbocycles. The highest BCUT2D eigenvalue weighted by Gasteiger charge is 2.13. The van der Waals surface area contributed by atoms with E-state index in [-0.39, 0.29) is 6.04 Å². The van der Waals surface area contributed by atoms with E-state index in [0.717, 1.165) is 16.9 Å². The molecule has 0 aliphatic carbocycles. The van der Waals surface area contributed by atoms with Crippen LogP contribution < -0.4 is 5.73 Å². The maximum Gasteiger partial charge on any atom is 0.124 e. The van der Waals surface area contributed by atoms with E-state index in [2.05, 4.69) is 15.6 Å². The Bertz CT molecular complexity index is 535. The van der Waals surface area contributed by atoms with Gasteiger partial charge in [0.1, 0.15) is 5.82 Å². The first kappa shape index (κ1) is 10.7. The van der Waals surface area contributed by atoms with Gasteiger partial charge in [0, 0.05) is 12.6 Å². The van der Waals surface area contributed by atoms with Crippen LogP contribution in [0.3, 0.4) is 0 Å². The lowest BCUT2D eigenvalue weighted by Crippen LogP contribution is -2.18. The number of hydrogen-bond donors (Lipinski definition) is 1. The number of fused-ring (bicyclic) bond motifs is 1. The molecular formula is C12H14N4. The number of benzene rings is 1. The highest BCUT2D eigenvalue weighted by atomic mass is 15.1. The highest BCUT2D eigenvalue weighted by molar-refractivity contribution is 5.76. The molecule has 1 unspecified atom stereocenters. The van der Waals surface area contributed by atoms with Crippen molar-refractivity contribution in [2.45, 2.75) is 19.4 Å². The van der Waals surface area contributed by atoms with E-state index < -0.39 is 0 Å². The highest BCUT2D eigenvalue weighted by Crippen LogP contribution is 2.20. The quantitative estimate of drug-likeness (QED) is 0.844. The van der Waals surface area contributed by atoms with Gasteiger partial charge in [0.15, 0.2) is 0 Å². The summed E-state index contributed by atoms with van der Waals surface area (Å²) in [5, 5.41) is 8.79. The first-order valence-electron chi connectivity index (χ1n) is 5.30. The third kappa shape index (κ3) is 1.66. The normalized spacial score (nSPS) is 12.6. The Kier molecular flexibility index (Phi) is 2.88. The Morgan fingerprint density at radius 2 is 2.25 bits per heavy atom. The molecule has 2 N–H and O–H groups in total. The SMILES string of the molecule is CC(CN)n1c(CC#N)nc2ccccc21. The van der Waals surface area contributed by atoms with Crippen molar-refractivity contribution >= 4 is 11.0 Å². The minimum Gasteiger partial charge on any atom is -0.328 e. The maximum absolute atomic E-state index is 8.79. The third-order valence-electron chi connectivity index (χ3n) is 2.69. The fraction of sp³-hybridized carbons (Fsp3) is 0.333. The molecule has 0 spiro atoms. The molecule has 0 bridgehead atoms. The predicted molar refractivity (Wildman–Crippen MR) is 62.8 cm³/mol. The van der Waals surface area contributed by atoms with Crippen molar-refractivity contribution in [1.82, 2.24) is 9.55 Å². The molecule has 4 heteroatoms. The summed E-state index contributed by atoms with van der Waals surface area (Å²) >= 11 is 0. The molecule has 1 heterocycles. The van der Waals surface area contributed by atoms with E-state index in [4.69, 9.17) is 11.0 Å². The van der Waals surface area contributed by atoms with Crippen molar-refractivity contribution in [2.24, 2.45) is 5.73 Å². The molecular weight excluding hydrogens is 200 g/mol. The maximum atomic E-state index is 8.79. The molecule has 0 fully saturated rings. The van der Waals surface area contributed by atoms with E-state index in [9.17, 15) is 0 Å². The van der Waals surface area contributed by atoms with Crippen LogP contribution in [0, 0.1) is 11.3 Å². The number of nitriles is 1. The number of nitrogens with zero attached hydrogens (tertiary/aromatic N) is 3. The monoisotopic (exact) mass is 214 g/mol. The van der Waals surface area contributed by atoms with E-state index in [0.29, 0.717) is 13.0 Å². The molecule has 16 heavy (non-hydrogen) atoms. The summed E-state index contributed by atoms with van der Waals surface area (Å²) in [5.74, 6) is 0.793. The summed E-state index contributed by atoms with van der Waals surface area (Å²) in [7, 11) is 0. The second-order valence-corrected chi connectivity index (χ2v) is 3.81. The van der Waals surface area contributed by atoms with Gasteiger partial charge in [-0.15, -0.1) is 0 Å². The minimum atomic E-state index is 0.163. The zero-order valence-electron chi connectivity index (χ0n) is 9.22. The van der Waals surface area contributed by atoms with Crippen molar-refractivity contribution in [3.8, 4) is 6.07 Å². The second kappa shape index (κ2) is 4.33. The van der Waals surface area contributed by atoms with Crippen LogP contribution in [0.5, 0.6) is 0 Å². The van der Waals surface area contributed by atoms with Gasteiger partial charge in [-0.25, -0.2) is 4.98 Å². The number of imidazole rings is 1. The first-order chi connectivity index (χ1) is 7.77. The average Bonchev–Trinajstić information content (AvgIpc) is 2.66. The van der Waals surface area contributed by atoms with Crippen LogP contribution >= 0.6 is 0 Å². The molecule has 0 aliphatic heterocycles. The molecule has 4 nitrogen and oxygen atoms in total. The molecule has 0 amide bonds. The Balaban J connectivity index is 2.65. The van der Waals surface area contributed by atoms with Gasteiger partial charge in [-0.05, 0) is 19.1 Å². The van der Waals surface area contributed by atoms with Gasteiger partial charge in [0.05, 0.1) is 23.5 Å². The molecule has 1 aromatic carbocycles. The Hall–Kier alpha value is -1.86. The number of nitrogens with two attached hydrogens (primary N) is 1. The summed E-state index contributed by atoms with van der Waals surface area (Å²) in [6.07, 6.45) is 0.318. The molecule has 82 valence electrons. The van der Waals surface area contributed by atoms with E-state index in [1.807, 2.05) is 31.2 Å². The zero-order valence-corrected chi connectivity index (χ0v) is 9.22. The number of rotatable bonds is 3. The standard InChI is InChI=1S/C12H14N4/c1-9(8-14)16-11-5-3-2-4-10(11)15-12(16)6-7-13/h2-5,9H,6,8,14H2,1H3. The van der Waals surface area contributed by atoms with Crippen LogP contribution in [-0.4, -0.2) is 16.1 Å². The number of hydrogen-bond acceptors (Lipinski definition) is 3. The van der Waals surface area contributed by atoms with Crippen LogP contribution in [0.4, 0.5) is 0 Å². The first-order valence-corrected chi connectivity index (χ1v) is 5.30. The molecule has 1 atom stereocenters. The summed E-state index contributed by atoms with van der Waals surface area (Å²) in [4.78, 5) is 4.46. The van der Waals surface area contributed by atoms with E-state index in [1.54, 1.807) is 0 Å². The van der Waals surface area contributed by atoms with Crippen LogP contribution in [0.2, 0.25) is 0 Å². The molecule has 1 aromatic heterocycles. The van der Waals surface area contributed by atoms with Crippen molar-refractivity contribution in [2.75, 3.05) is 6.54 Å². The lowest BCUT2D eigenvalue weighted by Gasteiger charge is -2.14. The molecule has 0 aliphatic rings. The van der Waals surface area contributed by atoms with Crippen LogP contribution in [0.15, 0.2) is 24.3 Å². The number of para-hydroxylation sites is 2. The van der Waals surface area contributed by atoms with E-state index in [1.165, 1.54) is 0 Å². The Morgan fingerprint density at radius 1 is 1.50 bits per heavy atom. The van der Waals surface area contributed by atoms with Gasteiger partial charge in [-0.2, -0.15) is 5.26 Å². The lowest BCUT2D eigenvalue weighted by atomic mass is 10.2. The Morgan fingerprint density at radius 3 is 2.94 bits per heavy atom. The second-order valence-electron chi connectivity index (χ2n) is 3.81. The largest absolute Gasteiger partial charge is 0.328 e. The minimum absolute atomic E-state index is 0.163. The molecule has 2 aromatic rings. The Labute approximate surface area is 94.3 Å². The summed E-state index contributed by atoms with van der Waals surface area (Å²) < 4.78 is 2.05. The van der Waals surface area contributed by atoms with Gasteiger partial charge >= 0.3 is 0 Å². The summed E-state index contributed by atoms with van der Waals surface area (Å²) in [6.45, 7) is 2.58. The number of aromatic nitrogens is 2. The summed E-state index contributed by atoms with van der Waals surface area (Å²) in [5.41, 5.74) is 7.66. The van der Waals surface area contributed by atoms with Gasteiger partial charge in [0.25, 0.3) is 0 Å². The molecule has 0 saturated heterocycles. The van der Waals surface area contributed by atoms with Crippen LogP contribution in [0.1, 0.15) is 18.8 Å². The third-order valence-corrected chi connectivity index (χ3v) is 2.69. The fourth-order valence-electron chi connectivity index (χ4n) is 1.89. The van der Waals surface area contributed by atoms with Gasteiger partial charge in [0.2, 0.25) is 0 Å². The van der Waals surface area contributed by atoms with Crippen molar-refractivity contribution < 1.29 is 0 Å². The zero-order chi connectivity index (χ0) is 11.5.